The summed E-state index contributed by atoms with van der Waals surface area (Å²) in [6.07, 6.45) is 8.24. The van der Waals surface area contributed by atoms with Crippen molar-refractivity contribution in [2.45, 2.75) is 44.6 Å². The Hall–Kier alpha value is -1.26. The minimum Gasteiger partial charge on any atom is -0.271 e. The Bertz CT molecular complexity index is 457. The molecule has 0 amide bonds. The molecule has 0 heterocycles. The van der Waals surface area contributed by atoms with Crippen molar-refractivity contribution >= 4 is 0 Å². The maximum Gasteiger partial charge on any atom is 0.129 e. The molecule has 1 unspecified atom stereocenters. The van der Waals surface area contributed by atoms with Crippen LogP contribution in [0.4, 0.5) is 8.78 Å². The van der Waals surface area contributed by atoms with Gasteiger partial charge in [0.05, 0.1) is 0 Å². The third-order valence-electron chi connectivity index (χ3n) is 3.61. The molecule has 0 saturated heterocycles. The van der Waals surface area contributed by atoms with Crippen molar-refractivity contribution in [1.29, 1.82) is 0 Å². The maximum atomic E-state index is 13.6. The van der Waals surface area contributed by atoms with E-state index < -0.39 is 11.6 Å². The van der Waals surface area contributed by atoms with Gasteiger partial charge in [-0.05, 0) is 50.2 Å². The molecule has 0 spiro atoms. The van der Waals surface area contributed by atoms with E-state index in [4.69, 9.17) is 5.84 Å². The molecule has 4 heteroatoms. The Morgan fingerprint density at radius 2 is 2.05 bits per heavy atom. The summed E-state index contributed by atoms with van der Waals surface area (Å²) in [6.45, 7) is 0. The van der Waals surface area contributed by atoms with Gasteiger partial charge in [0, 0.05) is 12.1 Å². The number of nitrogens with two attached hydrogens (primary N) is 1. The zero-order valence-electron chi connectivity index (χ0n) is 11.0. The highest BCUT2D eigenvalue weighted by Crippen LogP contribution is 2.23. The Kier molecular flexibility index (Phi) is 5.05. The quantitative estimate of drug-likeness (QED) is 0.488. The van der Waals surface area contributed by atoms with Gasteiger partial charge >= 0.3 is 0 Å². The number of hydrogen-bond acceptors (Lipinski definition) is 2. The molecule has 1 atom stereocenters. The summed E-state index contributed by atoms with van der Waals surface area (Å²) in [4.78, 5) is 0. The van der Waals surface area contributed by atoms with Crippen LogP contribution in [0, 0.1) is 11.6 Å². The van der Waals surface area contributed by atoms with Crippen molar-refractivity contribution in [2.24, 2.45) is 5.84 Å². The molecule has 0 saturated carbocycles. The number of allylic oxidation sites excluding steroid dienone is 1. The Labute approximate surface area is 112 Å². The van der Waals surface area contributed by atoms with Gasteiger partial charge in [-0.25, -0.2) is 8.78 Å². The van der Waals surface area contributed by atoms with Gasteiger partial charge in [-0.15, -0.1) is 0 Å². The first-order valence-corrected chi connectivity index (χ1v) is 6.77. The number of benzene rings is 1. The van der Waals surface area contributed by atoms with Gasteiger partial charge in [-0.1, -0.05) is 17.7 Å². The average molecular weight is 266 g/mol. The van der Waals surface area contributed by atoms with Gasteiger partial charge in [0.1, 0.15) is 11.6 Å². The third kappa shape index (κ3) is 4.11. The van der Waals surface area contributed by atoms with Crippen LogP contribution in [-0.2, 0) is 6.42 Å². The first kappa shape index (κ1) is 14.2. The van der Waals surface area contributed by atoms with Gasteiger partial charge in [0.25, 0.3) is 0 Å². The van der Waals surface area contributed by atoms with Crippen molar-refractivity contribution in [3.8, 4) is 0 Å². The molecule has 1 aromatic rings. The lowest BCUT2D eigenvalue weighted by atomic mass is 9.92. The average Bonchev–Trinajstić information content (AvgIpc) is 2.42. The SMILES string of the molecule is NNC(CC1=CCCCC1)Cc1ccc(F)cc1F. The van der Waals surface area contributed by atoms with Gasteiger partial charge in [-0.3, -0.25) is 11.3 Å². The zero-order chi connectivity index (χ0) is 13.7. The highest BCUT2D eigenvalue weighted by Gasteiger charge is 2.14. The van der Waals surface area contributed by atoms with Crippen molar-refractivity contribution in [1.82, 2.24) is 5.43 Å². The van der Waals surface area contributed by atoms with Gasteiger partial charge in [0.15, 0.2) is 0 Å². The van der Waals surface area contributed by atoms with E-state index in [0.717, 1.165) is 25.3 Å². The molecule has 104 valence electrons. The van der Waals surface area contributed by atoms with Crippen LogP contribution in [0.15, 0.2) is 29.8 Å². The lowest BCUT2D eigenvalue weighted by Gasteiger charge is -2.20. The summed E-state index contributed by atoms with van der Waals surface area (Å²) in [5.74, 6) is 4.49. The molecule has 3 N–H and O–H groups in total. The molecule has 0 aromatic heterocycles. The van der Waals surface area contributed by atoms with Gasteiger partial charge in [-0.2, -0.15) is 0 Å². The molecule has 19 heavy (non-hydrogen) atoms. The fourth-order valence-corrected chi connectivity index (χ4v) is 2.55. The zero-order valence-corrected chi connectivity index (χ0v) is 11.0. The topological polar surface area (TPSA) is 38.0 Å². The van der Waals surface area contributed by atoms with Crippen molar-refractivity contribution in [2.75, 3.05) is 0 Å². The van der Waals surface area contributed by atoms with Crippen LogP contribution in [0.3, 0.4) is 0 Å². The summed E-state index contributed by atoms with van der Waals surface area (Å²) < 4.78 is 26.5. The van der Waals surface area contributed by atoms with Crippen LogP contribution in [0.1, 0.15) is 37.7 Å². The number of halogens is 2. The van der Waals surface area contributed by atoms with Crippen LogP contribution in [0.5, 0.6) is 0 Å². The van der Waals surface area contributed by atoms with E-state index in [1.165, 1.54) is 30.5 Å². The van der Waals surface area contributed by atoms with E-state index in [-0.39, 0.29) is 6.04 Å². The summed E-state index contributed by atoms with van der Waals surface area (Å²) in [5, 5.41) is 0. The molecule has 0 radical (unpaired) electrons. The highest BCUT2D eigenvalue weighted by atomic mass is 19.1. The second-order valence-corrected chi connectivity index (χ2v) is 5.12. The van der Waals surface area contributed by atoms with E-state index >= 15 is 0 Å². The molecule has 0 bridgehead atoms. The predicted molar refractivity (Wildman–Crippen MR) is 72.3 cm³/mol. The molecule has 0 aliphatic heterocycles. The molecular weight excluding hydrogens is 246 g/mol. The molecular formula is C15H20F2N2. The lowest BCUT2D eigenvalue weighted by molar-refractivity contribution is 0.489. The van der Waals surface area contributed by atoms with E-state index in [9.17, 15) is 8.78 Å². The summed E-state index contributed by atoms with van der Waals surface area (Å²) in [6, 6.07) is 3.68. The number of hydrazine groups is 1. The lowest BCUT2D eigenvalue weighted by Crippen LogP contribution is -2.37. The van der Waals surface area contributed by atoms with Crippen LogP contribution in [0.25, 0.3) is 0 Å². The van der Waals surface area contributed by atoms with Gasteiger partial charge in [0.2, 0.25) is 0 Å². The highest BCUT2D eigenvalue weighted by molar-refractivity contribution is 5.20. The first-order chi connectivity index (χ1) is 9.19. The monoisotopic (exact) mass is 266 g/mol. The van der Waals surface area contributed by atoms with Crippen LogP contribution in [0.2, 0.25) is 0 Å². The van der Waals surface area contributed by atoms with Crippen molar-refractivity contribution in [3.63, 3.8) is 0 Å². The van der Waals surface area contributed by atoms with E-state index in [1.807, 2.05) is 0 Å². The molecule has 1 aliphatic carbocycles. The largest absolute Gasteiger partial charge is 0.271 e. The fourth-order valence-electron chi connectivity index (χ4n) is 2.55. The second kappa shape index (κ2) is 6.78. The van der Waals surface area contributed by atoms with E-state index in [2.05, 4.69) is 11.5 Å². The number of hydrogen-bond donors (Lipinski definition) is 2. The van der Waals surface area contributed by atoms with Crippen LogP contribution < -0.4 is 11.3 Å². The Morgan fingerprint density at radius 1 is 1.21 bits per heavy atom. The fraction of sp³-hybridized carbons (Fsp3) is 0.467. The van der Waals surface area contributed by atoms with E-state index in [1.54, 1.807) is 0 Å². The van der Waals surface area contributed by atoms with E-state index in [0.29, 0.717) is 12.0 Å². The van der Waals surface area contributed by atoms with Crippen molar-refractivity contribution in [3.05, 3.63) is 47.0 Å². The van der Waals surface area contributed by atoms with Crippen LogP contribution in [-0.4, -0.2) is 6.04 Å². The molecule has 1 aromatic carbocycles. The minimum atomic E-state index is -0.548. The molecule has 2 nitrogen and oxygen atoms in total. The molecule has 2 rings (SSSR count). The number of nitrogens with one attached hydrogen (secondary N) is 1. The predicted octanol–water partition coefficient (Wildman–Crippen LogP) is 3.23. The summed E-state index contributed by atoms with van der Waals surface area (Å²) in [7, 11) is 0. The van der Waals surface area contributed by atoms with Crippen molar-refractivity contribution < 1.29 is 8.78 Å². The smallest absolute Gasteiger partial charge is 0.129 e. The first-order valence-electron chi connectivity index (χ1n) is 6.77. The third-order valence-corrected chi connectivity index (χ3v) is 3.61. The minimum absolute atomic E-state index is 0.00990. The molecule has 1 aliphatic rings. The summed E-state index contributed by atoms with van der Waals surface area (Å²) >= 11 is 0. The van der Waals surface area contributed by atoms with Gasteiger partial charge < -0.3 is 0 Å². The standard InChI is InChI=1S/C15H20F2N2/c16-13-7-6-12(15(17)10-13)9-14(19-18)8-11-4-2-1-3-5-11/h4,6-7,10,14,19H,1-3,5,8-9,18H2. The maximum absolute atomic E-state index is 13.6. The van der Waals surface area contributed by atoms with Crippen LogP contribution >= 0.6 is 0 Å². The normalized spacial score (nSPS) is 17.1. The second-order valence-electron chi connectivity index (χ2n) is 5.12. The molecule has 0 fully saturated rings. The number of rotatable bonds is 5. The Morgan fingerprint density at radius 3 is 2.68 bits per heavy atom. The summed E-state index contributed by atoms with van der Waals surface area (Å²) in [5.41, 5.74) is 4.62. The Balaban J connectivity index is 2.00.